The molecule has 1 aromatic carbocycles. The van der Waals surface area contributed by atoms with E-state index in [1.54, 1.807) is 0 Å². The van der Waals surface area contributed by atoms with E-state index in [4.69, 9.17) is 0 Å². The molecule has 3 heteroatoms. The molecule has 0 radical (unpaired) electrons. The first-order valence-corrected chi connectivity index (χ1v) is 8.83. The van der Waals surface area contributed by atoms with Crippen LogP contribution in [0.3, 0.4) is 0 Å². The molecule has 1 fully saturated rings. The Morgan fingerprint density at radius 1 is 0.957 bits per heavy atom. The van der Waals surface area contributed by atoms with Gasteiger partial charge in [0.25, 0.3) is 0 Å². The van der Waals surface area contributed by atoms with E-state index in [-0.39, 0.29) is 0 Å². The molecule has 0 spiro atoms. The van der Waals surface area contributed by atoms with E-state index in [0.29, 0.717) is 0 Å². The second kappa shape index (κ2) is 8.56. The molecule has 1 aromatic rings. The van der Waals surface area contributed by atoms with Gasteiger partial charge in [0, 0.05) is 0 Å². The highest BCUT2D eigenvalue weighted by Crippen LogP contribution is 2.34. The summed E-state index contributed by atoms with van der Waals surface area (Å²) >= 11 is 0. The van der Waals surface area contributed by atoms with Crippen molar-refractivity contribution in [1.82, 2.24) is 0 Å². The number of allylic oxidation sites excluding steroid dienone is 1. The Bertz CT molecular complexity index is 477. The first kappa shape index (κ1) is 18.1. The summed E-state index contributed by atoms with van der Waals surface area (Å²) in [5, 5.41) is 0. The van der Waals surface area contributed by atoms with Gasteiger partial charge in [0.15, 0.2) is 0 Å². The molecular weight excluding hydrogens is 297 g/mol. The van der Waals surface area contributed by atoms with Crippen molar-refractivity contribution in [2.45, 2.75) is 64.5 Å². The zero-order valence-corrected chi connectivity index (χ0v) is 13.9. The van der Waals surface area contributed by atoms with Crippen LogP contribution in [0.15, 0.2) is 30.3 Å². The smallest absolute Gasteiger partial charge is 0.166 e. The monoisotopic (exact) mass is 324 g/mol. The second-order valence-electron chi connectivity index (χ2n) is 6.77. The van der Waals surface area contributed by atoms with Gasteiger partial charge in [-0.05, 0) is 42.4 Å². The second-order valence-corrected chi connectivity index (χ2v) is 6.77. The fraction of sp³-hybridized carbons (Fsp3) is 0.600. The fourth-order valence-corrected chi connectivity index (χ4v) is 3.55. The van der Waals surface area contributed by atoms with Crippen molar-refractivity contribution >= 4 is 6.08 Å². The standard InChI is InChI=1S/C20H27F3/c1-2-5-16-8-10-17(11-9-16)6-3-4-7-18-12-14-19(15-13-18)20(21,22)23/h4,7,12-17H,2-3,5-6,8-11H2,1H3/b7-4-. The summed E-state index contributed by atoms with van der Waals surface area (Å²) < 4.78 is 37.5. The third-order valence-electron chi connectivity index (χ3n) is 4.95. The van der Waals surface area contributed by atoms with Crippen LogP contribution in [-0.2, 0) is 6.18 Å². The lowest BCUT2D eigenvalue weighted by molar-refractivity contribution is -0.137. The maximum absolute atomic E-state index is 12.5. The van der Waals surface area contributed by atoms with Crippen LogP contribution in [0.2, 0.25) is 0 Å². The van der Waals surface area contributed by atoms with Gasteiger partial charge in [0.05, 0.1) is 5.56 Å². The minimum absolute atomic E-state index is 0.585. The van der Waals surface area contributed by atoms with Crippen molar-refractivity contribution in [1.29, 1.82) is 0 Å². The molecule has 0 nitrogen and oxygen atoms in total. The SMILES string of the molecule is CCCC1CCC(CC/C=C\c2ccc(C(F)(F)F)cc2)CC1. The largest absolute Gasteiger partial charge is 0.416 e. The van der Waals surface area contributed by atoms with Gasteiger partial charge in [0.1, 0.15) is 0 Å². The molecule has 0 aromatic heterocycles. The quantitative estimate of drug-likeness (QED) is 0.523. The molecule has 1 aliphatic rings. The lowest BCUT2D eigenvalue weighted by Gasteiger charge is -2.28. The van der Waals surface area contributed by atoms with Crippen molar-refractivity contribution in [2.24, 2.45) is 11.8 Å². The van der Waals surface area contributed by atoms with Crippen LogP contribution in [0, 0.1) is 11.8 Å². The number of hydrogen-bond donors (Lipinski definition) is 0. The first-order chi connectivity index (χ1) is 11.0. The van der Waals surface area contributed by atoms with Crippen molar-refractivity contribution in [2.75, 3.05) is 0 Å². The molecule has 2 rings (SSSR count). The van der Waals surface area contributed by atoms with Crippen molar-refractivity contribution in [3.63, 3.8) is 0 Å². The Kier molecular flexibility index (Phi) is 6.73. The van der Waals surface area contributed by atoms with Crippen molar-refractivity contribution in [3.05, 3.63) is 41.5 Å². The van der Waals surface area contributed by atoms with Gasteiger partial charge in [-0.15, -0.1) is 0 Å². The fourth-order valence-electron chi connectivity index (χ4n) is 3.55. The summed E-state index contributed by atoms with van der Waals surface area (Å²) in [5.41, 5.74) is 0.253. The molecule has 0 heterocycles. The normalized spacial score (nSPS) is 22.6. The summed E-state index contributed by atoms with van der Waals surface area (Å²) in [6, 6.07) is 5.37. The van der Waals surface area contributed by atoms with Gasteiger partial charge in [-0.2, -0.15) is 13.2 Å². The topological polar surface area (TPSA) is 0 Å². The van der Waals surface area contributed by atoms with Crippen LogP contribution < -0.4 is 0 Å². The highest BCUT2D eigenvalue weighted by Gasteiger charge is 2.29. The minimum atomic E-state index is -4.25. The number of rotatable bonds is 6. The van der Waals surface area contributed by atoms with E-state index in [2.05, 4.69) is 13.0 Å². The van der Waals surface area contributed by atoms with Crippen LogP contribution in [0.4, 0.5) is 13.2 Å². The van der Waals surface area contributed by atoms with Gasteiger partial charge in [0.2, 0.25) is 0 Å². The summed E-state index contributed by atoms with van der Waals surface area (Å²) in [7, 11) is 0. The minimum Gasteiger partial charge on any atom is -0.166 e. The van der Waals surface area contributed by atoms with Crippen LogP contribution in [0.1, 0.15) is 69.4 Å². The van der Waals surface area contributed by atoms with Crippen molar-refractivity contribution < 1.29 is 13.2 Å². The number of alkyl halides is 3. The van der Waals surface area contributed by atoms with Crippen LogP contribution in [0.25, 0.3) is 6.08 Å². The summed E-state index contributed by atoms with van der Waals surface area (Å²) in [6.45, 7) is 2.26. The average molecular weight is 324 g/mol. The summed E-state index contributed by atoms with van der Waals surface area (Å²) in [4.78, 5) is 0. The van der Waals surface area contributed by atoms with E-state index in [1.165, 1.54) is 57.1 Å². The molecule has 1 saturated carbocycles. The van der Waals surface area contributed by atoms with E-state index in [9.17, 15) is 13.2 Å². The molecule has 0 amide bonds. The summed E-state index contributed by atoms with van der Waals surface area (Å²) in [6.07, 6.45) is 10.1. The molecule has 0 bridgehead atoms. The Balaban J connectivity index is 1.71. The third kappa shape index (κ3) is 6.04. The average Bonchev–Trinajstić information content (AvgIpc) is 2.53. The number of halogens is 3. The lowest BCUT2D eigenvalue weighted by atomic mass is 9.78. The van der Waals surface area contributed by atoms with Gasteiger partial charge in [-0.1, -0.05) is 69.7 Å². The maximum atomic E-state index is 12.5. The highest BCUT2D eigenvalue weighted by atomic mass is 19.4. The maximum Gasteiger partial charge on any atom is 0.416 e. The predicted octanol–water partition coefficient (Wildman–Crippen LogP) is 7.11. The highest BCUT2D eigenvalue weighted by molar-refractivity contribution is 5.49. The van der Waals surface area contributed by atoms with Crippen LogP contribution >= 0.6 is 0 Å². The molecule has 23 heavy (non-hydrogen) atoms. The van der Waals surface area contributed by atoms with Gasteiger partial charge >= 0.3 is 6.18 Å². The zero-order valence-electron chi connectivity index (χ0n) is 13.9. The molecule has 0 saturated heterocycles. The molecule has 128 valence electrons. The number of hydrogen-bond acceptors (Lipinski definition) is 0. The lowest BCUT2D eigenvalue weighted by Crippen LogP contribution is -2.14. The van der Waals surface area contributed by atoms with E-state index in [0.717, 1.165) is 36.0 Å². The molecule has 0 atom stereocenters. The molecule has 0 aliphatic heterocycles. The van der Waals surface area contributed by atoms with E-state index < -0.39 is 11.7 Å². The Hall–Kier alpha value is -1.25. The van der Waals surface area contributed by atoms with Gasteiger partial charge in [-0.25, -0.2) is 0 Å². The number of benzene rings is 1. The summed E-state index contributed by atoms with van der Waals surface area (Å²) in [5.74, 6) is 1.78. The van der Waals surface area contributed by atoms with Crippen molar-refractivity contribution in [3.8, 4) is 0 Å². The van der Waals surface area contributed by atoms with E-state index >= 15 is 0 Å². The Morgan fingerprint density at radius 2 is 1.52 bits per heavy atom. The molecule has 0 N–H and O–H groups in total. The van der Waals surface area contributed by atoms with E-state index in [1.807, 2.05) is 6.08 Å². The molecule has 1 aliphatic carbocycles. The van der Waals surface area contributed by atoms with Crippen LogP contribution in [-0.4, -0.2) is 0 Å². The first-order valence-electron chi connectivity index (χ1n) is 8.83. The predicted molar refractivity (Wildman–Crippen MR) is 90.1 cm³/mol. The third-order valence-corrected chi connectivity index (χ3v) is 4.95. The Morgan fingerprint density at radius 3 is 2.04 bits per heavy atom. The Labute approximate surface area is 137 Å². The molecular formula is C20H27F3. The van der Waals surface area contributed by atoms with Crippen LogP contribution in [0.5, 0.6) is 0 Å². The zero-order chi connectivity index (χ0) is 16.7. The van der Waals surface area contributed by atoms with Gasteiger partial charge in [-0.3, -0.25) is 0 Å². The van der Waals surface area contributed by atoms with Gasteiger partial charge < -0.3 is 0 Å². The molecule has 0 unspecified atom stereocenters.